The van der Waals surface area contributed by atoms with Crippen molar-refractivity contribution < 1.29 is 9.59 Å². The number of benzene rings is 2. The Hall–Kier alpha value is -2.66. The van der Waals surface area contributed by atoms with E-state index in [1.54, 1.807) is 24.3 Å². The van der Waals surface area contributed by atoms with Crippen LogP contribution in [0.4, 0.5) is 5.69 Å². The third-order valence-electron chi connectivity index (χ3n) is 5.24. The lowest BCUT2D eigenvalue weighted by molar-refractivity contribution is -0.115. The first-order valence-electron chi connectivity index (χ1n) is 10.1. The number of carbonyl (C=O) groups excluding carboxylic acids is 2. The number of nitrogens with one attached hydrogen (secondary N) is 3. The summed E-state index contributed by atoms with van der Waals surface area (Å²) in [5.74, 6) is -0.148. The van der Waals surface area contributed by atoms with Gasteiger partial charge in [-0.25, -0.2) is 0 Å². The molecule has 148 valence electrons. The van der Waals surface area contributed by atoms with E-state index in [0.29, 0.717) is 17.3 Å². The first-order chi connectivity index (χ1) is 13.6. The Morgan fingerprint density at radius 2 is 1.64 bits per heavy atom. The van der Waals surface area contributed by atoms with E-state index in [9.17, 15) is 9.59 Å². The molecule has 1 saturated carbocycles. The van der Waals surface area contributed by atoms with E-state index in [1.807, 2.05) is 37.3 Å². The van der Waals surface area contributed by atoms with Crippen molar-refractivity contribution in [2.24, 2.45) is 0 Å². The Balaban J connectivity index is 1.45. The van der Waals surface area contributed by atoms with Crippen molar-refractivity contribution in [3.8, 4) is 0 Å². The van der Waals surface area contributed by atoms with E-state index in [1.165, 1.54) is 19.3 Å². The van der Waals surface area contributed by atoms with Gasteiger partial charge in [-0.2, -0.15) is 0 Å². The molecule has 3 N–H and O–H groups in total. The SMILES string of the molecule is CC(NCC(=O)Nc1ccc(C(=O)NC2CCCCC2)cc1)c1ccccc1. The minimum Gasteiger partial charge on any atom is -0.349 e. The van der Waals surface area contributed by atoms with Crippen molar-refractivity contribution >= 4 is 17.5 Å². The van der Waals surface area contributed by atoms with Crippen LogP contribution in [-0.4, -0.2) is 24.4 Å². The molecule has 1 atom stereocenters. The predicted octanol–water partition coefficient (Wildman–Crippen LogP) is 4.04. The maximum atomic E-state index is 12.4. The second-order valence-electron chi connectivity index (χ2n) is 7.45. The zero-order valence-corrected chi connectivity index (χ0v) is 16.4. The highest BCUT2D eigenvalue weighted by molar-refractivity contribution is 5.96. The first-order valence-corrected chi connectivity index (χ1v) is 10.1. The Bertz CT molecular complexity index is 768. The highest BCUT2D eigenvalue weighted by atomic mass is 16.2. The van der Waals surface area contributed by atoms with Gasteiger partial charge in [-0.3, -0.25) is 9.59 Å². The van der Waals surface area contributed by atoms with Crippen LogP contribution in [0.25, 0.3) is 0 Å². The number of rotatable bonds is 7. The van der Waals surface area contributed by atoms with E-state index in [4.69, 9.17) is 0 Å². The van der Waals surface area contributed by atoms with Crippen LogP contribution in [0.3, 0.4) is 0 Å². The van der Waals surface area contributed by atoms with Crippen molar-refractivity contribution in [2.45, 2.75) is 51.1 Å². The van der Waals surface area contributed by atoms with Crippen LogP contribution in [0.1, 0.15) is 61.0 Å². The van der Waals surface area contributed by atoms with Gasteiger partial charge in [0.25, 0.3) is 5.91 Å². The standard InChI is InChI=1S/C23H29N3O2/c1-17(18-8-4-2-5-9-18)24-16-22(27)25-21-14-12-19(13-15-21)23(28)26-20-10-6-3-7-11-20/h2,4-5,8-9,12-15,17,20,24H,3,6-7,10-11,16H2,1H3,(H,25,27)(H,26,28). The van der Waals surface area contributed by atoms with Crippen LogP contribution in [-0.2, 0) is 4.79 Å². The van der Waals surface area contributed by atoms with Gasteiger partial charge in [-0.15, -0.1) is 0 Å². The summed E-state index contributed by atoms with van der Waals surface area (Å²) in [6, 6.07) is 17.5. The summed E-state index contributed by atoms with van der Waals surface area (Å²) in [6.07, 6.45) is 5.77. The lowest BCUT2D eigenvalue weighted by Crippen LogP contribution is -2.36. The quantitative estimate of drug-likeness (QED) is 0.680. The maximum absolute atomic E-state index is 12.4. The number of carbonyl (C=O) groups is 2. The van der Waals surface area contributed by atoms with Crippen molar-refractivity contribution in [3.63, 3.8) is 0 Å². The van der Waals surface area contributed by atoms with E-state index in [0.717, 1.165) is 18.4 Å². The van der Waals surface area contributed by atoms with E-state index >= 15 is 0 Å². The molecule has 28 heavy (non-hydrogen) atoms. The smallest absolute Gasteiger partial charge is 0.251 e. The molecule has 0 radical (unpaired) electrons. The van der Waals surface area contributed by atoms with Gasteiger partial charge in [-0.05, 0) is 49.6 Å². The summed E-state index contributed by atoms with van der Waals surface area (Å²) in [5.41, 5.74) is 2.46. The third-order valence-corrected chi connectivity index (χ3v) is 5.24. The van der Waals surface area contributed by atoms with Crippen LogP contribution in [0, 0.1) is 0 Å². The summed E-state index contributed by atoms with van der Waals surface area (Å²) >= 11 is 0. The average molecular weight is 380 g/mol. The summed E-state index contributed by atoms with van der Waals surface area (Å²) < 4.78 is 0. The Morgan fingerprint density at radius 1 is 0.964 bits per heavy atom. The molecule has 2 aromatic rings. The Morgan fingerprint density at radius 3 is 2.32 bits per heavy atom. The molecule has 2 amide bonds. The highest BCUT2D eigenvalue weighted by Gasteiger charge is 2.16. The molecular formula is C23H29N3O2. The molecule has 3 rings (SSSR count). The molecule has 0 aliphatic heterocycles. The maximum Gasteiger partial charge on any atom is 0.251 e. The van der Waals surface area contributed by atoms with Crippen molar-refractivity contribution in [1.82, 2.24) is 10.6 Å². The summed E-state index contributed by atoms with van der Waals surface area (Å²) in [6.45, 7) is 2.25. The summed E-state index contributed by atoms with van der Waals surface area (Å²) in [4.78, 5) is 24.5. The fourth-order valence-corrected chi connectivity index (χ4v) is 3.53. The van der Waals surface area contributed by atoms with E-state index in [2.05, 4.69) is 16.0 Å². The number of amides is 2. The Kier molecular flexibility index (Phi) is 7.20. The Labute approximate surface area is 166 Å². The predicted molar refractivity (Wildman–Crippen MR) is 112 cm³/mol. The van der Waals surface area contributed by atoms with Gasteiger partial charge >= 0.3 is 0 Å². The zero-order valence-electron chi connectivity index (χ0n) is 16.4. The molecule has 0 aromatic heterocycles. The minimum absolute atomic E-state index is 0.0388. The molecule has 0 spiro atoms. The van der Waals surface area contributed by atoms with Gasteiger partial charge in [0, 0.05) is 23.3 Å². The topological polar surface area (TPSA) is 70.2 Å². The minimum atomic E-state index is -0.109. The van der Waals surface area contributed by atoms with E-state index < -0.39 is 0 Å². The van der Waals surface area contributed by atoms with Crippen LogP contribution < -0.4 is 16.0 Å². The molecule has 0 heterocycles. The molecule has 1 unspecified atom stereocenters. The van der Waals surface area contributed by atoms with Crippen LogP contribution in [0.15, 0.2) is 54.6 Å². The third kappa shape index (κ3) is 5.92. The van der Waals surface area contributed by atoms with Crippen molar-refractivity contribution in [3.05, 3.63) is 65.7 Å². The lowest BCUT2D eigenvalue weighted by Gasteiger charge is -2.22. The molecule has 0 bridgehead atoms. The molecule has 1 fully saturated rings. The fourth-order valence-electron chi connectivity index (χ4n) is 3.53. The highest BCUT2D eigenvalue weighted by Crippen LogP contribution is 2.18. The number of hydrogen-bond donors (Lipinski definition) is 3. The average Bonchev–Trinajstić information content (AvgIpc) is 2.74. The van der Waals surface area contributed by atoms with Gasteiger partial charge in [-0.1, -0.05) is 49.6 Å². The number of anilines is 1. The fraction of sp³-hybridized carbons (Fsp3) is 0.391. The summed E-state index contributed by atoms with van der Waals surface area (Å²) in [5, 5.41) is 9.19. The van der Waals surface area contributed by atoms with Crippen LogP contribution >= 0.6 is 0 Å². The number of hydrogen-bond acceptors (Lipinski definition) is 3. The van der Waals surface area contributed by atoms with Crippen molar-refractivity contribution in [2.75, 3.05) is 11.9 Å². The van der Waals surface area contributed by atoms with Gasteiger partial charge in [0.1, 0.15) is 0 Å². The molecule has 2 aromatic carbocycles. The molecule has 5 heteroatoms. The largest absolute Gasteiger partial charge is 0.349 e. The molecular weight excluding hydrogens is 350 g/mol. The van der Waals surface area contributed by atoms with Crippen LogP contribution in [0.2, 0.25) is 0 Å². The van der Waals surface area contributed by atoms with Crippen molar-refractivity contribution in [1.29, 1.82) is 0 Å². The van der Waals surface area contributed by atoms with Gasteiger partial charge in [0.15, 0.2) is 0 Å². The van der Waals surface area contributed by atoms with E-state index in [-0.39, 0.29) is 24.4 Å². The monoisotopic (exact) mass is 379 g/mol. The first kappa shape index (κ1) is 20.1. The lowest BCUT2D eigenvalue weighted by atomic mass is 9.95. The second kappa shape index (κ2) is 10.0. The molecule has 1 aliphatic carbocycles. The van der Waals surface area contributed by atoms with Gasteiger partial charge in [0.2, 0.25) is 5.91 Å². The molecule has 0 saturated heterocycles. The molecule has 1 aliphatic rings. The summed E-state index contributed by atoms with van der Waals surface area (Å²) in [7, 11) is 0. The zero-order chi connectivity index (χ0) is 19.8. The molecule has 5 nitrogen and oxygen atoms in total. The second-order valence-corrected chi connectivity index (χ2v) is 7.45. The van der Waals surface area contributed by atoms with Gasteiger partial charge in [0.05, 0.1) is 6.54 Å². The van der Waals surface area contributed by atoms with Crippen LogP contribution in [0.5, 0.6) is 0 Å². The normalized spacial score (nSPS) is 15.6. The van der Waals surface area contributed by atoms with Gasteiger partial charge < -0.3 is 16.0 Å².